The van der Waals surface area contributed by atoms with Gasteiger partial charge in [-0.15, -0.1) is 0 Å². The summed E-state index contributed by atoms with van der Waals surface area (Å²) in [6, 6.07) is 0.979. The molecule has 1 spiro atoms. The van der Waals surface area contributed by atoms with E-state index in [1.807, 2.05) is 9.80 Å². The highest BCUT2D eigenvalue weighted by Gasteiger charge is 2.46. The van der Waals surface area contributed by atoms with Crippen molar-refractivity contribution in [3.05, 3.63) is 30.0 Å². The number of aryl methyl sites for hydroxylation is 1. The van der Waals surface area contributed by atoms with Crippen molar-refractivity contribution in [2.75, 3.05) is 36.0 Å². The van der Waals surface area contributed by atoms with Gasteiger partial charge in [-0.05, 0) is 19.8 Å². The first-order valence-corrected chi connectivity index (χ1v) is 10.6. The van der Waals surface area contributed by atoms with Crippen molar-refractivity contribution in [1.29, 1.82) is 0 Å². The van der Waals surface area contributed by atoms with E-state index in [0.717, 1.165) is 23.6 Å². The minimum Gasteiger partial charge on any atom is -0.356 e. The number of fused-ring (bicyclic) bond motifs is 1. The first kappa shape index (κ1) is 22.6. The maximum atomic E-state index is 13.1. The molecule has 8 nitrogen and oxygen atoms in total. The molecular weight excluding hydrogens is 466 g/mol. The number of aromatic nitrogens is 6. The number of hydrogen-bond donors (Lipinski definition) is 0. The lowest BCUT2D eigenvalue weighted by Crippen LogP contribution is -2.61. The molecule has 0 atom stereocenters. The summed E-state index contributed by atoms with van der Waals surface area (Å²) in [5.41, 5.74) is -0.627. The molecule has 0 aromatic carbocycles. The average molecular weight is 486 g/mol. The smallest absolute Gasteiger partial charge is 0.356 e. The lowest BCUT2D eigenvalue weighted by molar-refractivity contribution is -0.142. The molecule has 0 bridgehead atoms. The fourth-order valence-corrected chi connectivity index (χ4v) is 4.59. The Morgan fingerprint density at radius 2 is 1.62 bits per heavy atom. The SMILES string of the molecule is Cc1nc(N2CCC3(CC2)CN(c2cnc4cnn(CC(F)(F)F)c4n2)C3)cc(C(F)(F)F)n1. The monoisotopic (exact) mass is 486 g/mol. The quantitative estimate of drug-likeness (QED) is 0.524. The fraction of sp³-hybridized carbons (Fsp3) is 0.550. The Balaban J connectivity index is 1.25. The lowest BCUT2D eigenvalue weighted by Gasteiger charge is -2.54. The highest BCUT2D eigenvalue weighted by Crippen LogP contribution is 2.43. The van der Waals surface area contributed by atoms with Gasteiger partial charge in [0.1, 0.15) is 35.2 Å². The molecule has 34 heavy (non-hydrogen) atoms. The summed E-state index contributed by atoms with van der Waals surface area (Å²) in [4.78, 5) is 20.0. The molecule has 2 fully saturated rings. The summed E-state index contributed by atoms with van der Waals surface area (Å²) in [6.07, 6.45) is -4.69. The maximum absolute atomic E-state index is 13.1. The second kappa shape index (κ2) is 7.67. The van der Waals surface area contributed by atoms with Crippen LogP contribution in [0.25, 0.3) is 11.2 Å². The molecule has 5 heterocycles. The van der Waals surface area contributed by atoms with Gasteiger partial charge < -0.3 is 9.80 Å². The van der Waals surface area contributed by atoms with Gasteiger partial charge in [-0.2, -0.15) is 31.4 Å². The average Bonchev–Trinajstić information content (AvgIpc) is 3.11. The van der Waals surface area contributed by atoms with Crippen LogP contribution >= 0.6 is 0 Å². The first-order valence-electron chi connectivity index (χ1n) is 10.6. The van der Waals surface area contributed by atoms with Crippen LogP contribution in [-0.2, 0) is 12.7 Å². The van der Waals surface area contributed by atoms with E-state index >= 15 is 0 Å². The normalized spacial score (nSPS) is 18.6. The molecule has 5 rings (SSSR count). The van der Waals surface area contributed by atoms with Crippen LogP contribution in [0.2, 0.25) is 0 Å². The number of anilines is 2. The van der Waals surface area contributed by atoms with E-state index in [0.29, 0.717) is 32.0 Å². The van der Waals surface area contributed by atoms with Gasteiger partial charge >= 0.3 is 12.4 Å². The first-order chi connectivity index (χ1) is 15.9. The number of rotatable bonds is 3. The van der Waals surface area contributed by atoms with Crippen molar-refractivity contribution in [3.8, 4) is 0 Å². The number of alkyl halides is 6. The third kappa shape index (κ3) is 4.32. The molecule has 2 aliphatic rings. The van der Waals surface area contributed by atoms with Crippen LogP contribution in [0.4, 0.5) is 38.0 Å². The predicted octanol–water partition coefficient (Wildman–Crippen LogP) is 3.61. The topological polar surface area (TPSA) is 75.9 Å². The second-order valence-electron chi connectivity index (χ2n) is 8.85. The summed E-state index contributed by atoms with van der Waals surface area (Å²) in [7, 11) is 0. The molecule has 0 saturated carbocycles. The second-order valence-corrected chi connectivity index (χ2v) is 8.85. The van der Waals surface area contributed by atoms with E-state index in [1.165, 1.54) is 19.3 Å². The van der Waals surface area contributed by atoms with Gasteiger partial charge in [0.25, 0.3) is 0 Å². The Hall–Kier alpha value is -3.19. The van der Waals surface area contributed by atoms with Crippen LogP contribution in [0, 0.1) is 12.3 Å². The van der Waals surface area contributed by atoms with E-state index < -0.39 is 24.6 Å². The van der Waals surface area contributed by atoms with E-state index in [2.05, 4.69) is 25.0 Å². The summed E-state index contributed by atoms with van der Waals surface area (Å²) in [5.74, 6) is 0.810. The van der Waals surface area contributed by atoms with Crippen LogP contribution < -0.4 is 9.80 Å². The molecule has 3 aromatic rings. The number of nitrogens with zero attached hydrogens (tertiary/aromatic N) is 8. The van der Waals surface area contributed by atoms with Gasteiger partial charge in [0.15, 0.2) is 5.65 Å². The largest absolute Gasteiger partial charge is 0.433 e. The lowest BCUT2D eigenvalue weighted by atomic mass is 9.72. The van der Waals surface area contributed by atoms with E-state index in [1.54, 1.807) is 0 Å². The minimum absolute atomic E-state index is 0.0334. The van der Waals surface area contributed by atoms with Crippen LogP contribution in [-0.4, -0.2) is 62.1 Å². The highest BCUT2D eigenvalue weighted by molar-refractivity contribution is 5.71. The molecule has 0 N–H and O–H groups in total. The molecule has 14 heteroatoms. The summed E-state index contributed by atoms with van der Waals surface area (Å²) >= 11 is 0. The van der Waals surface area contributed by atoms with E-state index in [-0.39, 0.29) is 28.2 Å². The summed E-state index contributed by atoms with van der Waals surface area (Å²) < 4.78 is 78.5. The number of hydrogen-bond acceptors (Lipinski definition) is 7. The third-order valence-electron chi connectivity index (χ3n) is 6.30. The molecule has 2 saturated heterocycles. The van der Waals surface area contributed by atoms with Gasteiger partial charge in [0, 0.05) is 37.7 Å². The molecule has 0 unspecified atom stereocenters. The third-order valence-corrected chi connectivity index (χ3v) is 6.30. The molecule has 0 radical (unpaired) electrons. The van der Waals surface area contributed by atoms with Crippen LogP contribution in [0.1, 0.15) is 24.4 Å². The Morgan fingerprint density at radius 3 is 2.26 bits per heavy atom. The maximum Gasteiger partial charge on any atom is 0.433 e. The fourth-order valence-electron chi connectivity index (χ4n) is 4.59. The predicted molar refractivity (Wildman–Crippen MR) is 109 cm³/mol. The Bertz CT molecular complexity index is 1200. The molecule has 0 aliphatic carbocycles. The van der Waals surface area contributed by atoms with Crippen molar-refractivity contribution < 1.29 is 26.3 Å². The number of piperidine rings is 1. The van der Waals surface area contributed by atoms with Gasteiger partial charge in [0.2, 0.25) is 0 Å². The van der Waals surface area contributed by atoms with Crippen molar-refractivity contribution >= 4 is 22.8 Å². The minimum atomic E-state index is -4.54. The van der Waals surface area contributed by atoms with Gasteiger partial charge in [0.05, 0.1) is 12.4 Å². The van der Waals surface area contributed by atoms with Crippen molar-refractivity contribution in [2.24, 2.45) is 5.41 Å². The Labute approximate surface area is 189 Å². The van der Waals surface area contributed by atoms with Crippen LogP contribution in [0.5, 0.6) is 0 Å². The number of halogens is 6. The molecule has 182 valence electrons. The Morgan fingerprint density at radius 1 is 0.912 bits per heavy atom. The zero-order chi connectivity index (χ0) is 24.3. The standard InChI is InChI=1S/C20H20F6N8/c1-12-29-14(20(24,25)26)6-15(30-12)32-4-2-18(3-5-32)9-33(10-18)16-8-27-13-7-28-34(17(13)31-16)11-19(21,22)23/h6-8H,2-5,9-11H2,1H3. The van der Waals surface area contributed by atoms with Crippen molar-refractivity contribution in [2.45, 2.75) is 38.7 Å². The summed E-state index contributed by atoms with van der Waals surface area (Å²) in [6.45, 7) is 2.57. The van der Waals surface area contributed by atoms with E-state index in [9.17, 15) is 26.3 Å². The highest BCUT2D eigenvalue weighted by atomic mass is 19.4. The van der Waals surface area contributed by atoms with Gasteiger partial charge in [-0.25, -0.2) is 24.6 Å². The Kier molecular flexibility index (Phi) is 5.09. The van der Waals surface area contributed by atoms with Crippen molar-refractivity contribution in [3.63, 3.8) is 0 Å². The van der Waals surface area contributed by atoms with Crippen LogP contribution in [0.15, 0.2) is 18.5 Å². The van der Waals surface area contributed by atoms with Crippen LogP contribution in [0.3, 0.4) is 0 Å². The zero-order valence-corrected chi connectivity index (χ0v) is 18.0. The van der Waals surface area contributed by atoms with Crippen molar-refractivity contribution in [1.82, 2.24) is 29.7 Å². The van der Waals surface area contributed by atoms with Gasteiger partial charge in [-0.3, -0.25) is 0 Å². The molecule has 2 aliphatic heterocycles. The summed E-state index contributed by atoms with van der Waals surface area (Å²) in [5, 5.41) is 3.74. The van der Waals surface area contributed by atoms with Gasteiger partial charge in [-0.1, -0.05) is 0 Å². The molecule has 0 amide bonds. The molecular formula is C20H20F6N8. The zero-order valence-electron chi connectivity index (χ0n) is 18.0. The molecule has 3 aromatic heterocycles. The van der Waals surface area contributed by atoms with E-state index in [4.69, 9.17) is 0 Å².